The summed E-state index contributed by atoms with van der Waals surface area (Å²) in [6.07, 6.45) is 0. The van der Waals surface area contributed by atoms with E-state index in [4.69, 9.17) is 9.41 Å². The van der Waals surface area contributed by atoms with E-state index in [0.717, 1.165) is 72.4 Å². The van der Waals surface area contributed by atoms with E-state index >= 15 is 0 Å². The molecule has 1 aliphatic rings. The van der Waals surface area contributed by atoms with E-state index in [1.54, 1.807) is 0 Å². The minimum absolute atomic E-state index is 0.537. The summed E-state index contributed by atoms with van der Waals surface area (Å²) in [5.74, 6) is 0.537. The number of amidine groups is 1. The van der Waals surface area contributed by atoms with Crippen molar-refractivity contribution < 1.29 is 4.42 Å². The second-order valence-electron chi connectivity index (χ2n) is 10.9. The lowest BCUT2D eigenvalue weighted by Crippen LogP contribution is -2.10. The lowest BCUT2D eigenvalue weighted by atomic mass is 9.99. The Kier molecular flexibility index (Phi) is 6.05. The summed E-state index contributed by atoms with van der Waals surface area (Å²) < 4.78 is 6.17. The van der Waals surface area contributed by atoms with Crippen molar-refractivity contribution in [1.29, 1.82) is 0 Å². The second-order valence-corrected chi connectivity index (χ2v) is 10.9. The normalized spacial score (nSPS) is 12.8. The molecule has 0 spiro atoms. The van der Waals surface area contributed by atoms with Gasteiger partial charge in [0.1, 0.15) is 11.2 Å². The Labute approximate surface area is 255 Å². The first-order valence-electron chi connectivity index (χ1n) is 14.5. The number of hydrogen-bond donors (Lipinski definition) is 0. The van der Waals surface area contributed by atoms with E-state index in [0.29, 0.717) is 11.5 Å². The highest BCUT2D eigenvalue weighted by Crippen LogP contribution is 2.41. The predicted octanol–water partition coefficient (Wildman–Crippen LogP) is 10.8. The molecule has 8 bridgehead atoms. The molecule has 0 unspecified atom stereocenters. The highest BCUT2D eigenvalue weighted by molar-refractivity contribution is 6.07. The van der Waals surface area contributed by atoms with Gasteiger partial charge in [0.25, 0.3) is 0 Å². The molecule has 0 radical (unpaired) electrons. The molecule has 1 aromatic heterocycles. The smallest absolute Gasteiger partial charge is 0.159 e. The van der Waals surface area contributed by atoms with Gasteiger partial charge in [-0.2, -0.15) is 0 Å². The standard InChI is InChI=1S/C40H27N3O/c1-26-27-9-5-10-28(21-27)30-12-7-15-33(23-30)43(35-19-20-39-37(25-35)36-17-3-4-18-38(36)44-39)34-16-8-13-31(24-34)29-11-6-14-32(22-29)40(41-2)42-26/h3-25H,1-2H2. The van der Waals surface area contributed by atoms with E-state index in [2.05, 4.69) is 126 Å². The summed E-state index contributed by atoms with van der Waals surface area (Å²) in [5, 5.41) is 2.18. The molecule has 1 aliphatic heterocycles. The van der Waals surface area contributed by atoms with Crippen LogP contribution in [0.1, 0.15) is 11.1 Å². The van der Waals surface area contributed by atoms with Crippen molar-refractivity contribution in [1.82, 2.24) is 0 Å². The van der Waals surface area contributed by atoms with Crippen molar-refractivity contribution >= 4 is 57.3 Å². The van der Waals surface area contributed by atoms with Crippen LogP contribution in [0.2, 0.25) is 0 Å². The third kappa shape index (κ3) is 4.41. The molecule has 4 nitrogen and oxygen atoms in total. The molecule has 0 atom stereocenters. The molecule has 7 aromatic rings. The quantitative estimate of drug-likeness (QED) is 0.186. The maximum Gasteiger partial charge on any atom is 0.159 e. The van der Waals surface area contributed by atoms with Crippen LogP contribution < -0.4 is 4.90 Å². The van der Waals surface area contributed by atoms with Gasteiger partial charge in [-0.15, -0.1) is 0 Å². The first kappa shape index (κ1) is 25.7. The number of benzene rings is 6. The maximum atomic E-state index is 6.17. The summed E-state index contributed by atoms with van der Waals surface area (Å²) in [5.41, 5.74) is 11.6. The third-order valence-corrected chi connectivity index (χ3v) is 8.20. The molecule has 2 heterocycles. The molecule has 8 rings (SSSR count). The Bertz CT molecular complexity index is 2290. The molecule has 0 N–H and O–H groups in total. The fourth-order valence-electron chi connectivity index (χ4n) is 6.05. The summed E-state index contributed by atoms with van der Waals surface area (Å²) in [4.78, 5) is 11.4. The summed E-state index contributed by atoms with van der Waals surface area (Å²) in [6, 6.07) is 48.5. The average molecular weight is 566 g/mol. The van der Waals surface area contributed by atoms with Gasteiger partial charge >= 0.3 is 0 Å². The molecule has 0 amide bonds. The summed E-state index contributed by atoms with van der Waals surface area (Å²) in [7, 11) is 0. The van der Waals surface area contributed by atoms with Crippen LogP contribution in [-0.4, -0.2) is 12.6 Å². The fourth-order valence-corrected chi connectivity index (χ4v) is 6.05. The monoisotopic (exact) mass is 565 g/mol. The van der Waals surface area contributed by atoms with Gasteiger partial charge < -0.3 is 9.32 Å². The van der Waals surface area contributed by atoms with Crippen LogP contribution >= 0.6 is 0 Å². The molecule has 0 saturated carbocycles. The van der Waals surface area contributed by atoms with E-state index in [1.807, 2.05) is 36.4 Å². The Morgan fingerprint density at radius 2 is 1.05 bits per heavy atom. The molecule has 208 valence electrons. The highest BCUT2D eigenvalue weighted by Gasteiger charge is 2.18. The van der Waals surface area contributed by atoms with Gasteiger partial charge in [-0.3, -0.25) is 0 Å². The van der Waals surface area contributed by atoms with Gasteiger partial charge in [0.05, 0.1) is 5.70 Å². The molecular formula is C40H27N3O. The van der Waals surface area contributed by atoms with E-state index in [-0.39, 0.29) is 0 Å². The Morgan fingerprint density at radius 3 is 1.75 bits per heavy atom. The molecule has 0 aliphatic carbocycles. The van der Waals surface area contributed by atoms with Crippen molar-refractivity contribution in [2.75, 3.05) is 4.90 Å². The predicted molar refractivity (Wildman–Crippen MR) is 184 cm³/mol. The lowest BCUT2D eigenvalue weighted by molar-refractivity contribution is 0.669. The second kappa shape index (κ2) is 10.4. The van der Waals surface area contributed by atoms with Crippen molar-refractivity contribution in [3.8, 4) is 22.3 Å². The highest BCUT2D eigenvalue weighted by atomic mass is 16.3. The number of nitrogens with zero attached hydrogens (tertiary/aromatic N) is 3. The molecule has 0 saturated heterocycles. The van der Waals surface area contributed by atoms with Gasteiger partial charge in [-0.05, 0) is 89.6 Å². The summed E-state index contributed by atoms with van der Waals surface area (Å²) in [6.45, 7) is 8.10. The van der Waals surface area contributed by atoms with Gasteiger partial charge in [0.2, 0.25) is 0 Å². The van der Waals surface area contributed by atoms with E-state index < -0.39 is 0 Å². The molecule has 6 aromatic carbocycles. The minimum Gasteiger partial charge on any atom is -0.456 e. The fraction of sp³-hybridized carbons (Fsp3) is 0. The SMILES string of the molecule is C=NC1=NC(=C)c2cccc(c2)-c2cccc(c2)N(c2ccc3oc4ccccc4c3c2)c2cccc(c2)-c2cccc1c2. The molecular weight excluding hydrogens is 538 g/mol. The lowest BCUT2D eigenvalue weighted by Gasteiger charge is -2.27. The molecule has 4 heteroatoms. The van der Waals surface area contributed by atoms with Crippen molar-refractivity contribution in [3.05, 3.63) is 157 Å². The van der Waals surface area contributed by atoms with Crippen molar-refractivity contribution in [2.24, 2.45) is 9.98 Å². The van der Waals surface area contributed by atoms with Crippen LogP contribution in [0.5, 0.6) is 0 Å². The van der Waals surface area contributed by atoms with Crippen LogP contribution in [0, 0.1) is 0 Å². The first-order chi connectivity index (χ1) is 21.6. The number of aliphatic imine (C=N–C) groups is 2. The number of fused-ring (bicyclic) bond motifs is 13. The maximum absolute atomic E-state index is 6.17. The van der Waals surface area contributed by atoms with Crippen molar-refractivity contribution in [2.45, 2.75) is 0 Å². The minimum atomic E-state index is 0.537. The zero-order valence-corrected chi connectivity index (χ0v) is 23.9. The van der Waals surface area contributed by atoms with Gasteiger partial charge in [-0.1, -0.05) is 85.4 Å². The largest absolute Gasteiger partial charge is 0.456 e. The number of hydrogen-bond acceptors (Lipinski definition) is 4. The zero-order chi connectivity index (χ0) is 29.6. The van der Waals surface area contributed by atoms with Gasteiger partial charge in [0, 0.05) is 39.0 Å². The van der Waals surface area contributed by atoms with Crippen LogP contribution in [0.4, 0.5) is 17.1 Å². The van der Waals surface area contributed by atoms with Crippen LogP contribution in [0.15, 0.2) is 161 Å². The molecule has 44 heavy (non-hydrogen) atoms. The average Bonchev–Trinajstić information content (AvgIpc) is 3.45. The van der Waals surface area contributed by atoms with Crippen LogP contribution in [0.25, 0.3) is 49.9 Å². The number of rotatable bonds is 1. The summed E-state index contributed by atoms with van der Waals surface area (Å²) >= 11 is 0. The van der Waals surface area contributed by atoms with Gasteiger partial charge in [0.15, 0.2) is 5.84 Å². The zero-order valence-electron chi connectivity index (χ0n) is 23.9. The topological polar surface area (TPSA) is 41.1 Å². The number of para-hydroxylation sites is 1. The van der Waals surface area contributed by atoms with E-state index in [1.165, 1.54) is 0 Å². The molecule has 0 fully saturated rings. The Hall–Kier alpha value is -6.00. The third-order valence-electron chi connectivity index (χ3n) is 8.20. The van der Waals surface area contributed by atoms with Crippen LogP contribution in [-0.2, 0) is 0 Å². The first-order valence-corrected chi connectivity index (χ1v) is 14.5. The Morgan fingerprint density at radius 1 is 0.500 bits per heavy atom. The van der Waals surface area contributed by atoms with E-state index in [9.17, 15) is 0 Å². The number of furan rings is 1. The Balaban J connectivity index is 1.40. The van der Waals surface area contributed by atoms with Crippen molar-refractivity contribution in [3.63, 3.8) is 0 Å². The van der Waals surface area contributed by atoms with Gasteiger partial charge in [-0.25, -0.2) is 9.98 Å². The van der Waals surface area contributed by atoms with Crippen LogP contribution in [0.3, 0.4) is 0 Å². The number of anilines is 3.